The standard InChI is InChI=1S/C14H12I2N2O6/c15-3-17-11(21)7-5(1-19)8-10(6(2-20)9(7)13(17)23)14(24)18(4-16)12(8)22/h1-2,5-10H,3-4H2. The predicted octanol–water partition coefficient (Wildman–Crippen LogP) is -0.382. The lowest BCUT2D eigenvalue weighted by Crippen LogP contribution is -2.50. The topological polar surface area (TPSA) is 109 Å². The summed E-state index contributed by atoms with van der Waals surface area (Å²) in [4.78, 5) is 75.6. The highest BCUT2D eigenvalue weighted by molar-refractivity contribution is 14.1. The molecular weight excluding hydrogens is 546 g/mol. The molecule has 0 aromatic heterocycles. The zero-order valence-corrected chi connectivity index (χ0v) is 16.4. The lowest BCUT2D eigenvalue weighted by Gasteiger charge is -2.37. The minimum absolute atomic E-state index is 0.0939. The third-order valence-electron chi connectivity index (χ3n) is 5.19. The number of carbonyl (C=O) groups is 6. The zero-order valence-electron chi connectivity index (χ0n) is 12.1. The van der Waals surface area contributed by atoms with Gasteiger partial charge in [-0.25, -0.2) is 0 Å². The van der Waals surface area contributed by atoms with Gasteiger partial charge in [0.25, 0.3) is 0 Å². The van der Waals surface area contributed by atoms with Gasteiger partial charge in [0.2, 0.25) is 23.6 Å². The summed E-state index contributed by atoms with van der Waals surface area (Å²) in [5.74, 6) is -8.51. The van der Waals surface area contributed by atoms with E-state index >= 15 is 0 Å². The molecule has 10 heteroatoms. The summed E-state index contributed by atoms with van der Waals surface area (Å²) < 4.78 is 0.188. The molecule has 24 heavy (non-hydrogen) atoms. The fourth-order valence-corrected chi connectivity index (χ4v) is 5.53. The Kier molecular flexibility index (Phi) is 4.79. The van der Waals surface area contributed by atoms with E-state index in [4.69, 9.17) is 0 Å². The van der Waals surface area contributed by atoms with E-state index in [0.717, 1.165) is 9.80 Å². The summed E-state index contributed by atoms with van der Waals surface area (Å²) in [7, 11) is 0. The van der Waals surface area contributed by atoms with Gasteiger partial charge in [-0.1, -0.05) is 45.2 Å². The van der Waals surface area contributed by atoms with E-state index in [-0.39, 0.29) is 9.10 Å². The molecule has 3 aliphatic rings. The van der Waals surface area contributed by atoms with Crippen LogP contribution in [-0.4, -0.2) is 55.1 Å². The second-order valence-corrected chi connectivity index (χ2v) is 7.34. The van der Waals surface area contributed by atoms with Crippen molar-refractivity contribution in [1.82, 2.24) is 9.80 Å². The molecule has 2 heterocycles. The molecule has 0 bridgehead atoms. The van der Waals surface area contributed by atoms with E-state index in [9.17, 15) is 28.8 Å². The molecule has 4 amide bonds. The molecule has 0 aromatic rings. The first-order valence-corrected chi connectivity index (χ1v) is 10.2. The van der Waals surface area contributed by atoms with Crippen LogP contribution >= 0.6 is 45.2 Å². The van der Waals surface area contributed by atoms with E-state index < -0.39 is 59.1 Å². The van der Waals surface area contributed by atoms with Gasteiger partial charge in [0.05, 0.1) is 32.8 Å². The lowest BCUT2D eigenvalue weighted by atomic mass is 9.59. The Balaban J connectivity index is 2.15. The van der Waals surface area contributed by atoms with Gasteiger partial charge in [-0.2, -0.15) is 0 Å². The molecule has 1 aliphatic carbocycles. The van der Waals surface area contributed by atoms with Crippen molar-refractivity contribution in [3.05, 3.63) is 0 Å². The third-order valence-corrected chi connectivity index (χ3v) is 6.56. The van der Waals surface area contributed by atoms with E-state index in [1.165, 1.54) is 0 Å². The Morgan fingerprint density at radius 3 is 1.08 bits per heavy atom. The van der Waals surface area contributed by atoms with Crippen molar-refractivity contribution < 1.29 is 28.8 Å². The first-order valence-electron chi connectivity index (χ1n) is 7.17. The highest BCUT2D eigenvalue weighted by atomic mass is 127. The Morgan fingerprint density at radius 1 is 0.667 bits per heavy atom. The van der Waals surface area contributed by atoms with Crippen molar-refractivity contribution in [3.8, 4) is 0 Å². The van der Waals surface area contributed by atoms with Crippen molar-refractivity contribution in [3.63, 3.8) is 0 Å². The maximum atomic E-state index is 12.6. The van der Waals surface area contributed by atoms with Crippen LogP contribution in [0.4, 0.5) is 0 Å². The number of likely N-dealkylation sites (tertiary alicyclic amines) is 2. The van der Waals surface area contributed by atoms with Crippen LogP contribution in [0.15, 0.2) is 0 Å². The fourth-order valence-electron chi connectivity index (χ4n) is 4.19. The number of carbonyl (C=O) groups excluding carboxylic acids is 6. The van der Waals surface area contributed by atoms with Gasteiger partial charge in [0.15, 0.2) is 0 Å². The lowest BCUT2D eigenvalue weighted by molar-refractivity contribution is -0.146. The van der Waals surface area contributed by atoms with Crippen LogP contribution in [0.1, 0.15) is 0 Å². The van der Waals surface area contributed by atoms with Gasteiger partial charge in [-0.05, 0) is 0 Å². The number of aldehydes is 2. The second kappa shape index (κ2) is 6.42. The van der Waals surface area contributed by atoms with Gasteiger partial charge in [0, 0.05) is 11.8 Å². The molecule has 0 spiro atoms. The Hall–Kier alpha value is -0.920. The molecule has 4 unspecified atom stereocenters. The first kappa shape index (κ1) is 17.9. The molecule has 4 atom stereocenters. The van der Waals surface area contributed by atoms with Crippen LogP contribution < -0.4 is 0 Å². The highest BCUT2D eigenvalue weighted by Gasteiger charge is 2.67. The van der Waals surface area contributed by atoms with Gasteiger partial charge >= 0.3 is 0 Å². The van der Waals surface area contributed by atoms with E-state index in [2.05, 4.69) is 0 Å². The smallest absolute Gasteiger partial charge is 0.234 e. The average Bonchev–Trinajstić information content (AvgIpc) is 2.97. The number of rotatable bonds is 4. The summed E-state index contributed by atoms with van der Waals surface area (Å²) in [6, 6.07) is 0. The Bertz CT molecular complexity index is 568. The summed E-state index contributed by atoms with van der Waals surface area (Å²) in [6.45, 7) is 0. The molecule has 2 aliphatic heterocycles. The summed E-state index contributed by atoms with van der Waals surface area (Å²) in [6.07, 6.45) is 0.972. The molecular formula is C14H12I2N2O6. The molecule has 3 fully saturated rings. The monoisotopic (exact) mass is 558 g/mol. The molecule has 128 valence electrons. The summed E-state index contributed by atoms with van der Waals surface area (Å²) in [5.41, 5.74) is 0. The molecule has 0 radical (unpaired) electrons. The fraction of sp³-hybridized carbons (Fsp3) is 0.571. The van der Waals surface area contributed by atoms with E-state index in [1.807, 2.05) is 45.2 Å². The maximum Gasteiger partial charge on any atom is 0.234 e. The third kappa shape index (κ3) is 2.14. The van der Waals surface area contributed by atoms with Crippen molar-refractivity contribution in [2.45, 2.75) is 0 Å². The number of imide groups is 2. The molecule has 0 N–H and O–H groups in total. The number of alkyl halides is 2. The quantitative estimate of drug-likeness (QED) is 0.153. The highest BCUT2D eigenvalue weighted by Crippen LogP contribution is 2.52. The van der Waals surface area contributed by atoms with Crippen molar-refractivity contribution in [2.75, 3.05) is 9.10 Å². The van der Waals surface area contributed by atoms with Crippen LogP contribution in [0.3, 0.4) is 0 Å². The van der Waals surface area contributed by atoms with Crippen molar-refractivity contribution in [1.29, 1.82) is 0 Å². The largest absolute Gasteiger partial charge is 0.303 e. The Morgan fingerprint density at radius 2 is 0.917 bits per heavy atom. The van der Waals surface area contributed by atoms with E-state index in [0.29, 0.717) is 12.6 Å². The normalized spacial score (nSPS) is 38.4. The van der Waals surface area contributed by atoms with Crippen molar-refractivity contribution in [2.24, 2.45) is 35.5 Å². The number of nitrogens with zero attached hydrogens (tertiary/aromatic N) is 2. The van der Waals surface area contributed by atoms with Gasteiger partial charge in [-0.3, -0.25) is 29.0 Å². The summed E-state index contributed by atoms with van der Waals surface area (Å²) in [5, 5.41) is 0. The molecule has 8 nitrogen and oxygen atoms in total. The van der Waals surface area contributed by atoms with E-state index in [1.54, 1.807) is 0 Å². The summed E-state index contributed by atoms with van der Waals surface area (Å²) >= 11 is 3.69. The van der Waals surface area contributed by atoms with Crippen LogP contribution in [-0.2, 0) is 28.8 Å². The van der Waals surface area contributed by atoms with Crippen LogP contribution in [0.2, 0.25) is 0 Å². The second-order valence-electron chi connectivity index (χ2n) is 5.98. The van der Waals surface area contributed by atoms with Crippen LogP contribution in [0.25, 0.3) is 0 Å². The SMILES string of the molecule is O=CC1C2C(=O)N(CI)C(=O)C2C(C=O)C2C(=O)N(CI)C(=O)C12. The van der Waals surface area contributed by atoms with Gasteiger partial charge in [0.1, 0.15) is 12.6 Å². The minimum Gasteiger partial charge on any atom is -0.303 e. The Labute approximate surface area is 163 Å². The number of hydrogen-bond acceptors (Lipinski definition) is 6. The average molecular weight is 558 g/mol. The van der Waals surface area contributed by atoms with Crippen LogP contribution in [0, 0.1) is 35.5 Å². The number of hydrogen-bond donors (Lipinski definition) is 0. The molecule has 0 aromatic carbocycles. The minimum atomic E-state index is -1.06. The predicted molar refractivity (Wildman–Crippen MR) is 94.5 cm³/mol. The molecule has 2 saturated heterocycles. The maximum absolute atomic E-state index is 12.6. The number of halogens is 2. The van der Waals surface area contributed by atoms with Gasteiger partial charge in [-0.15, -0.1) is 0 Å². The molecule has 3 rings (SSSR count). The van der Waals surface area contributed by atoms with Crippen LogP contribution in [0.5, 0.6) is 0 Å². The number of amides is 4. The zero-order chi connectivity index (χ0) is 17.8. The first-order chi connectivity index (χ1) is 11.4. The van der Waals surface area contributed by atoms with Crippen molar-refractivity contribution >= 4 is 81.4 Å². The number of fused-ring (bicyclic) bond motifs is 2. The van der Waals surface area contributed by atoms with Gasteiger partial charge < -0.3 is 9.59 Å². The molecule has 1 saturated carbocycles.